The Bertz CT molecular complexity index is 1110. The largest absolute Gasteiger partial charge is 0.352 e. The number of benzene rings is 2. The zero-order valence-electron chi connectivity index (χ0n) is 16.8. The molecule has 0 bridgehead atoms. The van der Waals surface area contributed by atoms with Gasteiger partial charge in [-0.3, -0.25) is 4.99 Å². The maximum atomic E-state index is 11.7. The average Bonchev–Trinajstić information content (AvgIpc) is 3.17. The first-order chi connectivity index (χ1) is 13.9. The van der Waals surface area contributed by atoms with Gasteiger partial charge in [-0.25, -0.2) is 13.1 Å². The maximum absolute atomic E-state index is 11.7. The van der Waals surface area contributed by atoms with Gasteiger partial charge in [-0.2, -0.15) is 5.10 Å². The molecule has 0 aliphatic rings. The molecule has 0 unspecified atom stereocenters. The molecule has 0 radical (unpaired) electrons. The third kappa shape index (κ3) is 5.45. The van der Waals surface area contributed by atoms with Crippen molar-refractivity contribution in [2.75, 3.05) is 13.3 Å². The summed E-state index contributed by atoms with van der Waals surface area (Å²) in [5.74, 6) is 0.655. The number of aryl methyl sites for hydroxylation is 1. The number of para-hydroxylation sites is 1. The molecule has 0 saturated carbocycles. The maximum Gasteiger partial charge on any atom is 0.191 e. The number of sulfone groups is 1. The predicted molar refractivity (Wildman–Crippen MR) is 115 cm³/mol. The van der Waals surface area contributed by atoms with Crippen LogP contribution in [0.15, 0.2) is 70.8 Å². The summed E-state index contributed by atoms with van der Waals surface area (Å²) >= 11 is 0. The van der Waals surface area contributed by atoms with Crippen LogP contribution in [0.1, 0.15) is 16.7 Å². The average molecular weight is 412 g/mol. The predicted octanol–water partition coefficient (Wildman–Crippen LogP) is 2.45. The Labute approximate surface area is 171 Å². The van der Waals surface area contributed by atoms with E-state index in [2.05, 4.69) is 20.7 Å². The van der Waals surface area contributed by atoms with Crippen molar-refractivity contribution in [2.45, 2.75) is 24.9 Å². The normalized spacial score (nSPS) is 12.0. The molecule has 0 amide bonds. The second kappa shape index (κ2) is 8.91. The molecule has 1 heterocycles. The molecule has 29 heavy (non-hydrogen) atoms. The molecule has 0 saturated heterocycles. The molecule has 3 rings (SSSR count). The summed E-state index contributed by atoms with van der Waals surface area (Å²) in [5.41, 5.74) is 3.76. The van der Waals surface area contributed by atoms with Crippen LogP contribution in [0.2, 0.25) is 0 Å². The minimum atomic E-state index is -3.21. The fourth-order valence-corrected chi connectivity index (χ4v) is 3.96. The van der Waals surface area contributed by atoms with Crippen molar-refractivity contribution in [1.29, 1.82) is 0 Å². The summed E-state index contributed by atoms with van der Waals surface area (Å²) in [4.78, 5) is 4.59. The minimum Gasteiger partial charge on any atom is -0.352 e. The number of aromatic nitrogens is 2. The standard InChI is InChI=1S/C21H25N5O2S/c1-16-11-17(9-10-20(16)29(3,27)28)12-23-21(22-2)24-13-18-14-25-26(15-18)19-7-5-4-6-8-19/h4-11,14-15H,12-13H2,1-3H3,(H2,22,23,24). The van der Waals surface area contributed by atoms with Gasteiger partial charge in [0.05, 0.1) is 16.8 Å². The van der Waals surface area contributed by atoms with Crippen LogP contribution >= 0.6 is 0 Å². The second-order valence-corrected chi connectivity index (χ2v) is 8.76. The van der Waals surface area contributed by atoms with E-state index in [1.165, 1.54) is 6.26 Å². The Kier molecular flexibility index (Phi) is 6.33. The minimum absolute atomic E-state index is 0.360. The van der Waals surface area contributed by atoms with Crippen LogP contribution in [0, 0.1) is 6.92 Å². The highest BCUT2D eigenvalue weighted by atomic mass is 32.2. The highest BCUT2D eigenvalue weighted by Gasteiger charge is 2.11. The van der Waals surface area contributed by atoms with E-state index in [-0.39, 0.29) is 0 Å². The summed E-state index contributed by atoms with van der Waals surface area (Å²) in [6.07, 6.45) is 5.02. The molecule has 0 atom stereocenters. The van der Waals surface area contributed by atoms with Crippen LogP contribution in [0.3, 0.4) is 0 Å². The topological polar surface area (TPSA) is 88.4 Å². The monoisotopic (exact) mass is 411 g/mol. The molecule has 1 aromatic heterocycles. The van der Waals surface area contributed by atoms with Gasteiger partial charge in [0.15, 0.2) is 15.8 Å². The first-order valence-corrected chi connectivity index (χ1v) is 11.1. The summed E-state index contributed by atoms with van der Waals surface area (Å²) in [6.45, 7) is 2.92. The molecule has 0 aliphatic carbocycles. The van der Waals surface area contributed by atoms with Gasteiger partial charge in [0.25, 0.3) is 0 Å². The van der Waals surface area contributed by atoms with Crippen molar-refractivity contribution in [1.82, 2.24) is 20.4 Å². The zero-order valence-corrected chi connectivity index (χ0v) is 17.6. The molecule has 0 spiro atoms. The van der Waals surface area contributed by atoms with Gasteiger partial charge in [-0.1, -0.05) is 30.3 Å². The Hall–Kier alpha value is -3.13. The second-order valence-electron chi connectivity index (χ2n) is 6.78. The molecule has 152 valence electrons. The summed E-state index contributed by atoms with van der Waals surface area (Å²) < 4.78 is 25.3. The van der Waals surface area contributed by atoms with E-state index in [4.69, 9.17) is 0 Å². The fraction of sp³-hybridized carbons (Fsp3) is 0.238. The lowest BCUT2D eigenvalue weighted by atomic mass is 10.1. The van der Waals surface area contributed by atoms with Gasteiger partial charge in [-0.05, 0) is 36.2 Å². The van der Waals surface area contributed by atoms with E-state index >= 15 is 0 Å². The van der Waals surface area contributed by atoms with E-state index in [1.807, 2.05) is 59.5 Å². The van der Waals surface area contributed by atoms with Crippen molar-refractivity contribution in [2.24, 2.45) is 4.99 Å². The molecule has 0 fully saturated rings. The molecular weight excluding hydrogens is 386 g/mol. The van der Waals surface area contributed by atoms with Crippen LogP contribution in [0.25, 0.3) is 5.69 Å². The molecule has 2 aromatic carbocycles. The van der Waals surface area contributed by atoms with Crippen LogP contribution in [-0.4, -0.2) is 37.5 Å². The van der Waals surface area contributed by atoms with Crippen molar-refractivity contribution in [3.63, 3.8) is 0 Å². The number of hydrogen-bond acceptors (Lipinski definition) is 4. The van der Waals surface area contributed by atoms with E-state index < -0.39 is 9.84 Å². The van der Waals surface area contributed by atoms with Crippen molar-refractivity contribution < 1.29 is 8.42 Å². The van der Waals surface area contributed by atoms with E-state index in [9.17, 15) is 8.42 Å². The number of aliphatic imine (C=N–C) groups is 1. The van der Waals surface area contributed by atoms with Gasteiger partial charge < -0.3 is 10.6 Å². The van der Waals surface area contributed by atoms with Gasteiger partial charge in [-0.15, -0.1) is 0 Å². The molecule has 0 aliphatic heterocycles. The molecule has 3 aromatic rings. The quantitative estimate of drug-likeness (QED) is 0.480. The van der Waals surface area contributed by atoms with Gasteiger partial charge in [0, 0.05) is 38.2 Å². The van der Waals surface area contributed by atoms with Gasteiger partial charge in [0.1, 0.15) is 0 Å². The van der Waals surface area contributed by atoms with Crippen LogP contribution in [0.5, 0.6) is 0 Å². The molecule has 7 nitrogen and oxygen atoms in total. The third-order valence-corrected chi connectivity index (χ3v) is 5.70. The Morgan fingerprint density at radius 3 is 2.38 bits per heavy atom. The third-order valence-electron chi connectivity index (χ3n) is 4.44. The molecular formula is C21H25N5O2S. The summed E-state index contributed by atoms with van der Waals surface area (Å²) in [7, 11) is -1.50. The number of guanidine groups is 1. The van der Waals surface area contributed by atoms with E-state index in [0.29, 0.717) is 23.9 Å². The molecule has 8 heteroatoms. The SMILES string of the molecule is CN=C(NCc1ccc(S(C)(=O)=O)c(C)c1)NCc1cnn(-c2ccccc2)c1. The molecule has 2 N–H and O–H groups in total. The summed E-state index contributed by atoms with van der Waals surface area (Å²) in [5, 5.41) is 10.9. The number of rotatable bonds is 6. The van der Waals surface area contributed by atoms with Crippen molar-refractivity contribution in [3.8, 4) is 5.69 Å². The first kappa shape index (κ1) is 20.6. The zero-order chi connectivity index (χ0) is 20.9. The van der Waals surface area contributed by atoms with E-state index in [1.54, 1.807) is 20.0 Å². The van der Waals surface area contributed by atoms with Gasteiger partial charge in [0.2, 0.25) is 0 Å². The lowest BCUT2D eigenvalue weighted by Crippen LogP contribution is -2.36. The Morgan fingerprint density at radius 2 is 1.76 bits per heavy atom. The number of nitrogens with zero attached hydrogens (tertiary/aromatic N) is 3. The first-order valence-electron chi connectivity index (χ1n) is 9.20. The van der Waals surface area contributed by atoms with E-state index in [0.717, 1.165) is 22.4 Å². The fourth-order valence-electron chi connectivity index (χ4n) is 3.00. The van der Waals surface area contributed by atoms with Crippen LogP contribution in [0.4, 0.5) is 0 Å². The smallest absolute Gasteiger partial charge is 0.191 e. The van der Waals surface area contributed by atoms with Crippen LogP contribution in [-0.2, 0) is 22.9 Å². The Balaban J connectivity index is 1.57. The Morgan fingerprint density at radius 1 is 1.07 bits per heavy atom. The van der Waals surface area contributed by atoms with Crippen molar-refractivity contribution >= 4 is 15.8 Å². The summed E-state index contributed by atoms with van der Waals surface area (Å²) in [6, 6.07) is 15.3. The highest BCUT2D eigenvalue weighted by Crippen LogP contribution is 2.16. The highest BCUT2D eigenvalue weighted by molar-refractivity contribution is 7.90. The number of nitrogens with one attached hydrogen (secondary N) is 2. The van der Waals surface area contributed by atoms with Crippen molar-refractivity contribution in [3.05, 3.63) is 77.6 Å². The number of hydrogen-bond donors (Lipinski definition) is 2. The van der Waals surface area contributed by atoms with Gasteiger partial charge >= 0.3 is 0 Å². The lowest BCUT2D eigenvalue weighted by molar-refractivity contribution is 0.601. The lowest BCUT2D eigenvalue weighted by Gasteiger charge is -2.12. The van der Waals surface area contributed by atoms with Crippen LogP contribution < -0.4 is 10.6 Å².